The highest BCUT2D eigenvalue weighted by molar-refractivity contribution is 5.88. The minimum absolute atomic E-state index is 0.00524. The highest BCUT2D eigenvalue weighted by Gasteiger charge is 2.69. The summed E-state index contributed by atoms with van der Waals surface area (Å²) in [5.41, 5.74) is 3.54. The van der Waals surface area contributed by atoms with E-state index in [9.17, 15) is 19.5 Å². The molecule has 262 valence electrons. The van der Waals surface area contributed by atoms with Gasteiger partial charge in [-0.15, -0.1) is 0 Å². The zero-order chi connectivity index (χ0) is 34.1. The highest BCUT2D eigenvalue weighted by Crippen LogP contribution is 2.76. The molecule has 0 radical (unpaired) electrons. The van der Waals surface area contributed by atoms with Crippen molar-refractivity contribution in [1.29, 1.82) is 0 Å². The van der Waals surface area contributed by atoms with Crippen LogP contribution in [0.2, 0.25) is 0 Å². The summed E-state index contributed by atoms with van der Waals surface area (Å²) in [6.45, 7) is 15.0. The lowest BCUT2D eigenvalue weighted by atomic mass is 9.33. The lowest BCUT2D eigenvalue weighted by Gasteiger charge is -2.72. The summed E-state index contributed by atoms with van der Waals surface area (Å²) in [6.07, 6.45) is 16.8. The summed E-state index contributed by atoms with van der Waals surface area (Å²) < 4.78 is 0. The average molecular weight is 658 g/mol. The van der Waals surface area contributed by atoms with Gasteiger partial charge in [0, 0.05) is 31.6 Å². The van der Waals surface area contributed by atoms with Crippen LogP contribution in [0.3, 0.4) is 0 Å². The SMILES string of the molecule is CC1(C)C(c2ccc(C(=O)O)cc2)=CCC2(C)C1CCC1(C)C2CCC2C3CCCC3(NC(=O)NCCCN3CCCC3=O)CC[C@]21C. The van der Waals surface area contributed by atoms with E-state index in [1.165, 1.54) is 56.1 Å². The van der Waals surface area contributed by atoms with Crippen molar-refractivity contribution < 1.29 is 19.5 Å². The van der Waals surface area contributed by atoms with Crippen LogP contribution in [0.25, 0.3) is 5.57 Å². The molecule has 0 bridgehead atoms. The number of carbonyl (C=O) groups excluding carboxylic acids is 2. The van der Waals surface area contributed by atoms with Gasteiger partial charge < -0.3 is 20.6 Å². The Balaban J connectivity index is 1.07. The van der Waals surface area contributed by atoms with Gasteiger partial charge >= 0.3 is 12.0 Å². The van der Waals surface area contributed by atoms with Crippen LogP contribution in [0, 0.1) is 45.3 Å². The fourth-order valence-electron chi connectivity index (χ4n) is 13.4. The number of carboxylic acid groups (broad SMARTS) is 1. The molecule has 0 aromatic heterocycles. The summed E-state index contributed by atoms with van der Waals surface area (Å²) in [4.78, 5) is 38.7. The first-order chi connectivity index (χ1) is 22.8. The summed E-state index contributed by atoms with van der Waals surface area (Å²) in [5.74, 6) is 1.78. The lowest BCUT2D eigenvalue weighted by Crippen LogP contribution is -2.68. The number of likely N-dealkylation sites (tertiary alicyclic amines) is 1. The molecule has 7 rings (SSSR count). The smallest absolute Gasteiger partial charge is 0.335 e. The third-order valence-electron chi connectivity index (χ3n) is 15.8. The number of carboxylic acids is 1. The second-order valence-corrected chi connectivity index (χ2v) is 18.0. The van der Waals surface area contributed by atoms with Gasteiger partial charge in [-0.05, 0) is 139 Å². The number of nitrogens with one attached hydrogen (secondary N) is 2. The van der Waals surface area contributed by atoms with Crippen molar-refractivity contribution in [1.82, 2.24) is 15.5 Å². The van der Waals surface area contributed by atoms with Crippen LogP contribution in [-0.2, 0) is 4.79 Å². The molecule has 48 heavy (non-hydrogen) atoms. The number of amides is 3. The lowest BCUT2D eigenvalue weighted by molar-refractivity contribution is -0.216. The van der Waals surface area contributed by atoms with Crippen molar-refractivity contribution in [2.24, 2.45) is 45.3 Å². The zero-order valence-corrected chi connectivity index (χ0v) is 30.1. The Bertz CT molecular complexity index is 1480. The van der Waals surface area contributed by atoms with E-state index in [1.54, 1.807) is 12.1 Å². The van der Waals surface area contributed by atoms with Gasteiger partial charge in [-0.25, -0.2) is 9.59 Å². The van der Waals surface area contributed by atoms with Crippen molar-refractivity contribution in [2.75, 3.05) is 19.6 Å². The van der Waals surface area contributed by atoms with Gasteiger partial charge in [-0.1, -0.05) is 59.2 Å². The molecule has 8 atom stereocenters. The van der Waals surface area contributed by atoms with Crippen LogP contribution >= 0.6 is 0 Å². The molecule has 7 heteroatoms. The standard InChI is InChI=1S/C41H59N3O4/c1-37(2)29(27-11-13-28(14-12-27)35(46)47)17-20-38(3)32(37)18-21-40(5)33(38)16-15-30-31-9-6-19-41(31,23-22-39(30,40)4)43-36(48)42-24-8-26-44-25-7-10-34(44)45/h11-14,17,30-33H,6-10,15-16,18-26H2,1-5H3,(H,46,47)(H2,42,43,48)/t30?,31?,32?,33?,38?,39-,40?,41?/m1/s1. The predicted molar refractivity (Wildman–Crippen MR) is 189 cm³/mol. The fraction of sp³-hybridized carbons (Fsp3) is 0.732. The molecular formula is C41H59N3O4. The molecule has 5 fully saturated rings. The maximum Gasteiger partial charge on any atom is 0.335 e. The number of hydrogen-bond donors (Lipinski definition) is 3. The number of hydrogen-bond acceptors (Lipinski definition) is 3. The zero-order valence-electron chi connectivity index (χ0n) is 30.1. The van der Waals surface area contributed by atoms with Gasteiger partial charge in [-0.2, -0.15) is 0 Å². The number of allylic oxidation sites excluding steroid dienone is 2. The van der Waals surface area contributed by atoms with Crippen molar-refractivity contribution in [3.8, 4) is 0 Å². The van der Waals surface area contributed by atoms with Crippen LogP contribution in [0.1, 0.15) is 134 Å². The van der Waals surface area contributed by atoms with E-state index in [1.807, 2.05) is 17.0 Å². The molecule has 1 saturated heterocycles. The molecule has 5 aliphatic carbocycles. The maximum atomic E-state index is 13.3. The van der Waals surface area contributed by atoms with Crippen molar-refractivity contribution in [3.63, 3.8) is 0 Å². The summed E-state index contributed by atoms with van der Waals surface area (Å²) >= 11 is 0. The third kappa shape index (κ3) is 5.06. The second-order valence-electron chi connectivity index (χ2n) is 18.0. The van der Waals surface area contributed by atoms with Gasteiger partial charge in [0.05, 0.1) is 5.56 Å². The van der Waals surface area contributed by atoms with Gasteiger partial charge in [0.25, 0.3) is 0 Å². The Labute approximate surface area is 288 Å². The normalized spacial score (nSPS) is 39.8. The van der Waals surface area contributed by atoms with Crippen LogP contribution in [0.15, 0.2) is 30.3 Å². The van der Waals surface area contributed by atoms with E-state index in [2.05, 4.69) is 51.3 Å². The van der Waals surface area contributed by atoms with Gasteiger partial charge in [0.1, 0.15) is 0 Å². The first-order valence-corrected chi connectivity index (χ1v) is 19.1. The fourth-order valence-corrected chi connectivity index (χ4v) is 13.4. The van der Waals surface area contributed by atoms with E-state index in [0.29, 0.717) is 42.2 Å². The number of urea groups is 1. The minimum Gasteiger partial charge on any atom is -0.478 e. The molecule has 1 heterocycles. The van der Waals surface area contributed by atoms with Crippen LogP contribution in [0.5, 0.6) is 0 Å². The largest absolute Gasteiger partial charge is 0.478 e. The van der Waals surface area contributed by atoms with E-state index in [-0.39, 0.29) is 39.1 Å². The summed E-state index contributed by atoms with van der Waals surface area (Å²) in [5, 5.41) is 16.2. The second kappa shape index (κ2) is 11.9. The number of aromatic carboxylic acids is 1. The number of carbonyl (C=O) groups is 3. The first-order valence-electron chi connectivity index (χ1n) is 19.1. The van der Waals surface area contributed by atoms with Crippen molar-refractivity contribution in [3.05, 3.63) is 41.5 Å². The molecule has 1 aliphatic heterocycles. The number of fused-ring (bicyclic) bond motifs is 7. The van der Waals surface area contributed by atoms with Gasteiger partial charge in [-0.3, -0.25) is 4.79 Å². The first kappa shape index (κ1) is 33.7. The monoisotopic (exact) mass is 657 g/mol. The number of rotatable bonds is 7. The number of benzene rings is 1. The molecule has 3 amide bonds. The molecule has 6 aliphatic rings. The highest BCUT2D eigenvalue weighted by atomic mass is 16.4. The maximum absolute atomic E-state index is 13.3. The molecule has 1 aromatic rings. The van der Waals surface area contributed by atoms with Crippen LogP contribution < -0.4 is 10.6 Å². The molecule has 0 spiro atoms. The minimum atomic E-state index is -0.874. The van der Waals surface area contributed by atoms with Crippen LogP contribution in [-0.4, -0.2) is 53.1 Å². The van der Waals surface area contributed by atoms with E-state index in [4.69, 9.17) is 0 Å². The van der Waals surface area contributed by atoms with Crippen molar-refractivity contribution >= 4 is 23.5 Å². The Morgan fingerprint density at radius 1 is 0.875 bits per heavy atom. The van der Waals surface area contributed by atoms with E-state index in [0.717, 1.165) is 45.2 Å². The number of nitrogens with zero attached hydrogens (tertiary/aromatic N) is 1. The average Bonchev–Trinajstić information content (AvgIpc) is 3.65. The Morgan fingerprint density at radius 2 is 1.65 bits per heavy atom. The molecule has 7 unspecified atom stereocenters. The topological polar surface area (TPSA) is 98.7 Å². The predicted octanol–water partition coefficient (Wildman–Crippen LogP) is 8.30. The third-order valence-corrected chi connectivity index (χ3v) is 15.8. The Kier molecular flexibility index (Phi) is 8.34. The molecule has 7 nitrogen and oxygen atoms in total. The molecule has 3 N–H and O–H groups in total. The Morgan fingerprint density at radius 3 is 2.35 bits per heavy atom. The molecule has 1 aromatic carbocycles. The molecule has 4 saturated carbocycles. The summed E-state index contributed by atoms with van der Waals surface area (Å²) in [7, 11) is 0. The van der Waals surface area contributed by atoms with Gasteiger partial charge in [0.2, 0.25) is 5.91 Å². The van der Waals surface area contributed by atoms with Crippen molar-refractivity contribution in [2.45, 2.75) is 124 Å². The Hall–Kier alpha value is -2.83. The quantitative estimate of drug-likeness (QED) is 0.257. The molecular weight excluding hydrogens is 598 g/mol. The van der Waals surface area contributed by atoms with E-state index >= 15 is 0 Å². The van der Waals surface area contributed by atoms with Gasteiger partial charge in [0.15, 0.2) is 0 Å². The van der Waals surface area contributed by atoms with Crippen LogP contribution in [0.4, 0.5) is 4.79 Å². The van der Waals surface area contributed by atoms with E-state index < -0.39 is 5.97 Å². The summed E-state index contributed by atoms with van der Waals surface area (Å²) in [6, 6.07) is 7.52.